The van der Waals surface area contributed by atoms with Crippen molar-refractivity contribution < 1.29 is 14.3 Å². The minimum Gasteiger partial charge on any atom is -0.484 e. The van der Waals surface area contributed by atoms with Crippen molar-refractivity contribution in [3.8, 4) is 5.75 Å². The predicted molar refractivity (Wildman–Crippen MR) is 106 cm³/mol. The molecule has 142 valence electrons. The summed E-state index contributed by atoms with van der Waals surface area (Å²) in [7, 11) is 0. The minimum absolute atomic E-state index is 0.0296. The van der Waals surface area contributed by atoms with Gasteiger partial charge in [0.25, 0.3) is 5.91 Å². The number of ether oxygens (including phenoxy) is 1. The molecule has 1 N–H and O–H groups in total. The molecule has 1 fully saturated rings. The van der Waals surface area contributed by atoms with Crippen molar-refractivity contribution in [3.05, 3.63) is 54.1 Å². The third kappa shape index (κ3) is 5.23. The van der Waals surface area contributed by atoms with Crippen LogP contribution in [0.3, 0.4) is 0 Å². The Morgan fingerprint density at radius 1 is 1.04 bits per heavy atom. The fourth-order valence-electron chi connectivity index (χ4n) is 3.09. The van der Waals surface area contributed by atoms with Gasteiger partial charge in [-0.3, -0.25) is 9.59 Å². The zero-order chi connectivity index (χ0) is 19.2. The number of nitrogens with zero attached hydrogens (tertiary/aromatic N) is 2. The summed E-state index contributed by atoms with van der Waals surface area (Å²) in [4.78, 5) is 27.6. The van der Waals surface area contributed by atoms with Crippen LogP contribution in [0.25, 0.3) is 0 Å². The molecule has 0 aromatic heterocycles. The van der Waals surface area contributed by atoms with Gasteiger partial charge in [-0.25, -0.2) is 0 Å². The lowest BCUT2D eigenvalue weighted by atomic mass is 10.2. The Balaban J connectivity index is 1.49. The molecule has 0 atom stereocenters. The van der Waals surface area contributed by atoms with Gasteiger partial charge in [0.15, 0.2) is 6.61 Å². The molecule has 1 saturated heterocycles. The molecule has 27 heavy (non-hydrogen) atoms. The average molecular weight is 367 g/mol. The van der Waals surface area contributed by atoms with Gasteiger partial charge in [-0.1, -0.05) is 12.1 Å². The van der Waals surface area contributed by atoms with Crippen molar-refractivity contribution in [2.24, 2.45) is 0 Å². The standard InChI is InChI=1S/C21H25N3O3/c1-16-4-3-5-20(14-16)27-15-21(26)22-18-6-8-19(9-7-18)24-12-10-23(11-13-24)17(2)25/h3-9,14H,10-13,15H2,1-2H3,(H,22,26). The summed E-state index contributed by atoms with van der Waals surface area (Å²) in [5.41, 5.74) is 2.92. The van der Waals surface area contributed by atoms with E-state index in [-0.39, 0.29) is 18.4 Å². The summed E-state index contributed by atoms with van der Waals surface area (Å²) in [5.74, 6) is 0.616. The first kappa shape index (κ1) is 18.8. The van der Waals surface area contributed by atoms with Gasteiger partial charge in [0, 0.05) is 44.5 Å². The maximum absolute atomic E-state index is 12.1. The first-order chi connectivity index (χ1) is 13.0. The zero-order valence-electron chi connectivity index (χ0n) is 15.8. The summed E-state index contributed by atoms with van der Waals surface area (Å²) < 4.78 is 5.52. The lowest BCUT2D eigenvalue weighted by Gasteiger charge is -2.35. The molecule has 0 saturated carbocycles. The molecular formula is C21H25N3O3. The van der Waals surface area contributed by atoms with Gasteiger partial charge < -0.3 is 19.9 Å². The number of hydrogen-bond donors (Lipinski definition) is 1. The Labute approximate surface area is 159 Å². The Morgan fingerprint density at radius 3 is 2.37 bits per heavy atom. The summed E-state index contributed by atoms with van der Waals surface area (Å²) in [6, 6.07) is 15.4. The highest BCUT2D eigenvalue weighted by molar-refractivity contribution is 5.92. The zero-order valence-corrected chi connectivity index (χ0v) is 15.8. The number of piperazine rings is 1. The lowest BCUT2D eigenvalue weighted by Crippen LogP contribution is -2.48. The first-order valence-electron chi connectivity index (χ1n) is 9.11. The number of amides is 2. The number of hydrogen-bond acceptors (Lipinski definition) is 4. The summed E-state index contributed by atoms with van der Waals surface area (Å²) in [6.07, 6.45) is 0. The molecule has 0 bridgehead atoms. The Bertz CT molecular complexity index is 797. The topological polar surface area (TPSA) is 61.9 Å². The highest BCUT2D eigenvalue weighted by Gasteiger charge is 2.18. The summed E-state index contributed by atoms with van der Waals surface area (Å²) in [5, 5.41) is 2.84. The first-order valence-corrected chi connectivity index (χ1v) is 9.11. The normalized spacial score (nSPS) is 14.0. The Morgan fingerprint density at radius 2 is 1.74 bits per heavy atom. The predicted octanol–water partition coefficient (Wildman–Crippen LogP) is 2.68. The molecular weight excluding hydrogens is 342 g/mol. The van der Waals surface area contributed by atoms with Crippen LogP contribution in [0, 0.1) is 6.92 Å². The number of benzene rings is 2. The van der Waals surface area contributed by atoms with Gasteiger partial charge in [0.1, 0.15) is 5.75 Å². The van der Waals surface area contributed by atoms with Crippen LogP contribution >= 0.6 is 0 Å². The van der Waals surface area contributed by atoms with E-state index in [1.807, 2.05) is 60.4 Å². The molecule has 6 heteroatoms. The summed E-state index contributed by atoms with van der Waals surface area (Å²) in [6.45, 7) is 6.67. The van der Waals surface area contributed by atoms with Crippen molar-refractivity contribution in [1.82, 2.24) is 4.90 Å². The molecule has 0 radical (unpaired) electrons. The molecule has 0 unspecified atom stereocenters. The second kappa shape index (κ2) is 8.58. The number of carbonyl (C=O) groups excluding carboxylic acids is 2. The van der Waals surface area contributed by atoms with E-state index in [4.69, 9.17) is 4.74 Å². The number of nitrogens with one attached hydrogen (secondary N) is 1. The van der Waals surface area contributed by atoms with Crippen molar-refractivity contribution in [3.63, 3.8) is 0 Å². The van der Waals surface area contributed by atoms with Crippen LogP contribution in [0.1, 0.15) is 12.5 Å². The van der Waals surface area contributed by atoms with Crippen LogP contribution in [-0.2, 0) is 9.59 Å². The van der Waals surface area contributed by atoms with Gasteiger partial charge in [0.2, 0.25) is 5.91 Å². The quantitative estimate of drug-likeness (QED) is 0.883. The van der Waals surface area contributed by atoms with E-state index in [1.165, 1.54) is 0 Å². The third-order valence-electron chi connectivity index (χ3n) is 4.60. The lowest BCUT2D eigenvalue weighted by molar-refractivity contribution is -0.129. The van der Waals surface area contributed by atoms with E-state index in [1.54, 1.807) is 6.92 Å². The van der Waals surface area contributed by atoms with E-state index in [2.05, 4.69) is 10.2 Å². The smallest absolute Gasteiger partial charge is 0.262 e. The second-order valence-electron chi connectivity index (χ2n) is 6.69. The SMILES string of the molecule is CC(=O)N1CCN(c2ccc(NC(=O)COc3cccc(C)c3)cc2)CC1. The number of carbonyl (C=O) groups is 2. The van der Waals surface area contributed by atoms with E-state index in [0.717, 1.165) is 43.1 Å². The van der Waals surface area contributed by atoms with Crippen LogP contribution in [0.15, 0.2) is 48.5 Å². The molecule has 1 heterocycles. The molecule has 6 nitrogen and oxygen atoms in total. The minimum atomic E-state index is -0.195. The highest BCUT2D eigenvalue weighted by Crippen LogP contribution is 2.20. The number of anilines is 2. The van der Waals surface area contributed by atoms with Crippen LogP contribution in [0.2, 0.25) is 0 Å². The van der Waals surface area contributed by atoms with Gasteiger partial charge in [-0.15, -0.1) is 0 Å². The Hall–Kier alpha value is -3.02. The van der Waals surface area contributed by atoms with Crippen LogP contribution in [0.5, 0.6) is 5.75 Å². The molecule has 0 aliphatic carbocycles. The highest BCUT2D eigenvalue weighted by atomic mass is 16.5. The van der Waals surface area contributed by atoms with Crippen LogP contribution < -0.4 is 15.0 Å². The van der Waals surface area contributed by atoms with Crippen LogP contribution in [-0.4, -0.2) is 49.5 Å². The molecule has 2 amide bonds. The average Bonchev–Trinajstić information content (AvgIpc) is 2.67. The maximum atomic E-state index is 12.1. The number of rotatable bonds is 5. The summed E-state index contributed by atoms with van der Waals surface area (Å²) >= 11 is 0. The monoisotopic (exact) mass is 367 g/mol. The molecule has 3 rings (SSSR count). The van der Waals surface area contributed by atoms with E-state index < -0.39 is 0 Å². The van der Waals surface area contributed by atoms with Gasteiger partial charge in [-0.2, -0.15) is 0 Å². The number of aryl methyl sites for hydroxylation is 1. The largest absolute Gasteiger partial charge is 0.484 e. The molecule has 1 aliphatic heterocycles. The van der Waals surface area contributed by atoms with Gasteiger partial charge >= 0.3 is 0 Å². The molecule has 2 aromatic carbocycles. The maximum Gasteiger partial charge on any atom is 0.262 e. The van der Waals surface area contributed by atoms with E-state index in [0.29, 0.717) is 5.75 Å². The molecule has 1 aliphatic rings. The fourth-order valence-corrected chi connectivity index (χ4v) is 3.09. The third-order valence-corrected chi connectivity index (χ3v) is 4.60. The van der Waals surface area contributed by atoms with E-state index in [9.17, 15) is 9.59 Å². The molecule has 0 spiro atoms. The van der Waals surface area contributed by atoms with Crippen molar-refractivity contribution in [2.75, 3.05) is 43.0 Å². The van der Waals surface area contributed by atoms with Crippen molar-refractivity contribution in [2.45, 2.75) is 13.8 Å². The Kier molecular flexibility index (Phi) is 5.96. The van der Waals surface area contributed by atoms with Gasteiger partial charge in [0.05, 0.1) is 0 Å². The second-order valence-corrected chi connectivity index (χ2v) is 6.69. The molecule has 2 aromatic rings. The van der Waals surface area contributed by atoms with Crippen molar-refractivity contribution in [1.29, 1.82) is 0 Å². The fraction of sp³-hybridized carbons (Fsp3) is 0.333. The van der Waals surface area contributed by atoms with Crippen molar-refractivity contribution >= 4 is 23.2 Å². The van der Waals surface area contributed by atoms with E-state index >= 15 is 0 Å². The van der Waals surface area contributed by atoms with Gasteiger partial charge in [-0.05, 0) is 48.9 Å². The van der Waals surface area contributed by atoms with Crippen LogP contribution in [0.4, 0.5) is 11.4 Å².